The van der Waals surface area contributed by atoms with E-state index in [2.05, 4.69) is 0 Å². The number of hydrogen-bond donors (Lipinski definition) is 3. The summed E-state index contributed by atoms with van der Waals surface area (Å²) in [6, 6.07) is 5.86. The lowest BCUT2D eigenvalue weighted by atomic mass is 9.97. The summed E-state index contributed by atoms with van der Waals surface area (Å²) in [5.41, 5.74) is 11.8. The first-order chi connectivity index (χ1) is 11.1. The van der Waals surface area contributed by atoms with Crippen LogP contribution in [0.1, 0.15) is 37.0 Å². The van der Waals surface area contributed by atoms with Crippen LogP contribution < -0.4 is 16.2 Å². The maximum Gasteiger partial charge on any atom is 0.315 e. The topological polar surface area (TPSA) is 116 Å². The first kappa shape index (κ1) is 17.9. The highest BCUT2D eigenvalue weighted by molar-refractivity contribution is 6.01. The van der Waals surface area contributed by atoms with E-state index in [9.17, 15) is 14.7 Å². The summed E-state index contributed by atoms with van der Waals surface area (Å²) < 4.78 is 5.24. The van der Waals surface area contributed by atoms with E-state index in [0.29, 0.717) is 23.4 Å². The van der Waals surface area contributed by atoms with Crippen molar-refractivity contribution in [2.24, 2.45) is 11.5 Å². The van der Waals surface area contributed by atoms with Crippen molar-refractivity contribution in [2.45, 2.75) is 38.3 Å². The van der Waals surface area contributed by atoms with Gasteiger partial charge in [0.2, 0.25) is 0 Å². The largest absolute Gasteiger partial charge is 0.426 e. The van der Waals surface area contributed by atoms with Crippen LogP contribution in [-0.2, 0) is 4.79 Å². The van der Waals surface area contributed by atoms with Crippen molar-refractivity contribution >= 4 is 11.8 Å². The van der Waals surface area contributed by atoms with E-state index < -0.39 is 17.4 Å². The van der Waals surface area contributed by atoms with Gasteiger partial charge in [-0.15, -0.1) is 0 Å². The van der Waals surface area contributed by atoms with E-state index >= 15 is 0 Å². The summed E-state index contributed by atoms with van der Waals surface area (Å²) in [5, 5.41) is 9.71. The second-order valence-corrected chi connectivity index (χ2v) is 6.39. The quantitative estimate of drug-likeness (QED) is 0.427. The van der Waals surface area contributed by atoms with Crippen LogP contribution in [0.5, 0.6) is 5.75 Å². The van der Waals surface area contributed by atoms with Gasteiger partial charge in [0.15, 0.2) is 5.78 Å². The summed E-state index contributed by atoms with van der Waals surface area (Å²) in [4.78, 5) is 23.9. The average molecular weight is 330 g/mol. The summed E-state index contributed by atoms with van der Waals surface area (Å²) in [6.07, 6.45) is 4.17. The Balaban J connectivity index is 1.99. The average Bonchev–Trinajstić information content (AvgIpc) is 2.45. The number of benzene rings is 1. The van der Waals surface area contributed by atoms with E-state index in [1.807, 2.05) is 0 Å². The maximum atomic E-state index is 12.0. The smallest absolute Gasteiger partial charge is 0.315 e. The van der Waals surface area contributed by atoms with Crippen LogP contribution in [0.25, 0.3) is 0 Å². The van der Waals surface area contributed by atoms with Crippen LogP contribution in [0.3, 0.4) is 0 Å². The lowest BCUT2D eigenvalue weighted by molar-refractivity contribution is -0.133. The number of carbonyl (C=O) groups is 2. The molecule has 1 aliphatic rings. The van der Waals surface area contributed by atoms with Gasteiger partial charge in [-0.2, -0.15) is 0 Å². The van der Waals surface area contributed by atoms with Crippen molar-refractivity contribution in [2.75, 3.05) is 0 Å². The Labute approximate surface area is 140 Å². The van der Waals surface area contributed by atoms with E-state index in [4.69, 9.17) is 16.2 Å². The molecule has 6 heteroatoms. The minimum absolute atomic E-state index is 0.0682. The van der Waals surface area contributed by atoms with Crippen molar-refractivity contribution in [3.8, 4) is 5.75 Å². The Morgan fingerprint density at radius 2 is 1.92 bits per heavy atom. The van der Waals surface area contributed by atoms with Gasteiger partial charge in [0, 0.05) is 23.7 Å². The van der Waals surface area contributed by atoms with Gasteiger partial charge < -0.3 is 21.3 Å². The zero-order valence-corrected chi connectivity index (χ0v) is 13.8. The molecule has 1 aromatic carbocycles. The lowest BCUT2D eigenvalue weighted by Crippen LogP contribution is -2.30. The zero-order chi connectivity index (χ0) is 17.9. The molecule has 1 aliphatic carbocycles. The number of ketones is 1. The van der Waals surface area contributed by atoms with Crippen molar-refractivity contribution in [3.05, 3.63) is 53.3 Å². The molecule has 24 heavy (non-hydrogen) atoms. The number of carbonyl (C=O) groups excluding carboxylic acids is 2. The third-order valence-corrected chi connectivity index (χ3v) is 3.52. The molecule has 2 rings (SSSR count). The fraction of sp³-hybridized carbons (Fsp3) is 0.333. The molecule has 5 N–H and O–H groups in total. The first-order valence-electron chi connectivity index (χ1n) is 7.65. The highest BCUT2D eigenvalue weighted by Crippen LogP contribution is 2.20. The van der Waals surface area contributed by atoms with Gasteiger partial charge in [0.25, 0.3) is 0 Å². The van der Waals surface area contributed by atoms with Crippen molar-refractivity contribution < 1.29 is 19.4 Å². The van der Waals surface area contributed by atoms with E-state index in [1.54, 1.807) is 12.2 Å². The van der Waals surface area contributed by atoms with Gasteiger partial charge in [-0.1, -0.05) is 6.08 Å². The van der Waals surface area contributed by atoms with Crippen molar-refractivity contribution in [1.82, 2.24) is 0 Å². The molecule has 1 atom stereocenters. The summed E-state index contributed by atoms with van der Waals surface area (Å²) in [5.74, 6) is -0.520. The second-order valence-electron chi connectivity index (χ2n) is 6.39. The fourth-order valence-corrected chi connectivity index (χ4v) is 2.42. The molecule has 1 aromatic rings. The molecule has 0 bridgehead atoms. The molecule has 0 fully saturated rings. The predicted octanol–water partition coefficient (Wildman–Crippen LogP) is 1.44. The molecule has 0 aliphatic heterocycles. The number of ether oxygens (including phenoxy) is 1. The Bertz CT molecular complexity index is 697. The summed E-state index contributed by atoms with van der Waals surface area (Å²) in [7, 11) is 0. The first-order valence-corrected chi connectivity index (χ1v) is 7.65. The molecule has 128 valence electrons. The monoisotopic (exact) mass is 330 g/mol. The maximum absolute atomic E-state index is 12.0. The van der Waals surface area contributed by atoms with Crippen LogP contribution in [-0.4, -0.2) is 28.5 Å². The molecule has 0 unspecified atom stereocenters. The molecule has 0 spiro atoms. The molecule has 0 saturated carbocycles. The molecular weight excluding hydrogens is 308 g/mol. The minimum Gasteiger partial charge on any atom is -0.426 e. The van der Waals surface area contributed by atoms with Gasteiger partial charge in [-0.25, -0.2) is 0 Å². The Morgan fingerprint density at radius 1 is 1.29 bits per heavy atom. The van der Waals surface area contributed by atoms with Crippen LogP contribution in [0, 0.1) is 0 Å². The van der Waals surface area contributed by atoms with E-state index in [0.717, 1.165) is 5.57 Å². The Kier molecular flexibility index (Phi) is 5.21. The number of esters is 1. The predicted molar refractivity (Wildman–Crippen MR) is 90.3 cm³/mol. The molecule has 0 aromatic heterocycles. The number of nitrogens with two attached hydrogens (primary N) is 2. The van der Waals surface area contributed by atoms with Crippen LogP contribution in [0.2, 0.25) is 0 Å². The molecule has 0 heterocycles. The number of hydrogen-bond acceptors (Lipinski definition) is 6. The highest BCUT2D eigenvalue weighted by Gasteiger charge is 2.25. The lowest BCUT2D eigenvalue weighted by Gasteiger charge is -2.16. The molecule has 0 saturated heterocycles. The molecular formula is C18H22N2O4. The fourth-order valence-electron chi connectivity index (χ4n) is 2.42. The van der Waals surface area contributed by atoms with Crippen LogP contribution in [0.4, 0.5) is 0 Å². The van der Waals surface area contributed by atoms with Gasteiger partial charge in [0.05, 0.1) is 6.42 Å². The number of rotatable bonds is 5. The van der Waals surface area contributed by atoms with Crippen LogP contribution in [0.15, 0.2) is 47.7 Å². The highest BCUT2D eigenvalue weighted by atomic mass is 16.5. The zero-order valence-electron chi connectivity index (χ0n) is 13.8. The van der Waals surface area contributed by atoms with Gasteiger partial charge in [-0.05, 0) is 49.8 Å². The normalized spacial score (nSPS) is 17.8. The van der Waals surface area contributed by atoms with Crippen molar-refractivity contribution in [1.29, 1.82) is 0 Å². The summed E-state index contributed by atoms with van der Waals surface area (Å²) in [6.45, 7) is 2.84. The van der Waals surface area contributed by atoms with Gasteiger partial charge >= 0.3 is 5.97 Å². The Hall–Kier alpha value is -2.44. The third kappa shape index (κ3) is 4.78. The number of allylic oxidation sites excluding steroid dienone is 1. The summed E-state index contributed by atoms with van der Waals surface area (Å²) >= 11 is 0. The SMILES string of the molecule is CC(C)(O)C(=O)c1ccc(OC(=O)CC2=C[C@@H](N)CC(N)=C2)cc1. The second kappa shape index (κ2) is 6.98. The number of Topliss-reactive ketones (excluding diaryl/α,β-unsaturated/α-hetero) is 1. The standard InChI is InChI=1S/C18H22N2O4/c1-18(2,23)17(22)12-3-5-15(6-4-12)24-16(21)9-11-7-13(19)10-14(20)8-11/h3-8,13,23H,9-10,19-20H2,1-2H3/t13-/m1/s1. The third-order valence-electron chi connectivity index (χ3n) is 3.52. The molecule has 0 amide bonds. The van der Waals surface area contributed by atoms with Gasteiger partial charge in [0.1, 0.15) is 11.4 Å². The number of aliphatic hydroxyl groups is 1. The van der Waals surface area contributed by atoms with Crippen LogP contribution >= 0.6 is 0 Å². The van der Waals surface area contributed by atoms with E-state index in [1.165, 1.54) is 38.1 Å². The minimum atomic E-state index is -1.45. The van der Waals surface area contributed by atoms with Crippen molar-refractivity contribution in [3.63, 3.8) is 0 Å². The molecule has 0 radical (unpaired) electrons. The Morgan fingerprint density at radius 3 is 2.46 bits per heavy atom. The van der Waals surface area contributed by atoms with E-state index in [-0.39, 0.29) is 12.5 Å². The van der Waals surface area contributed by atoms with Gasteiger partial charge in [-0.3, -0.25) is 9.59 Å². The molecule has 6 nitrogen and oxygen atoms in total.